The predicted molar refractivity (Wildman–Crippen MR) is 185 cm³/mol. The van der Waals surface area contributed by atoms with E-state index in [-0.39, 0.29) is 24.5 Å². The number of carbonyl (C=O) groups is 4. The smallest absolute Gasteiger partial charge is 0.410 e. The number of hydrogen-bond donors (Lipinski definition) is 3. The van der Waals surface area contributed by atoms with E-state index in [0.29, 0.717) is 47.8 Å². The highest BCUT2D eigenvalue weighted by atomic mass is 16.6. The highest BCUT2D eigenvalue weighted by Crippen LogP contribution is 2.33. The molecule has 4 rings (SSSR count). The lowest BCUT2D eigenvalue weighted by atomic mass is 9.98. The average molecular weight is 657 g/mol. The molecule has 11 heteroatoms. The van der Waals surface area contributed by atoms with Gasteiger partial charge in [0.15, 0.2) is 0 Å². The van der Waals surface area contributed by atoms with E-state index in [1.165, 1.54) is 0 Å². The standard InChI is InChI=1S/C37H44N4O7/c1-36(2,3)47-34(44)38-23-24-8-14-28(15-9-24)39-32(42)26-10-12-27(13-11-26)33(43)40-29-16-17-30(31(22-29)46-7)25-18-20-41(21-19-25)35(45)48-37(4,5)6/h8-18,22H,19-21,23H2,1-7H3,(H,38,44)(H,39,42)(H,40,43). The van der Waals surface area contributed by atoms with Crippen LogP contribution in [0.15, 0.2) is 72.8 Å². The summed E-state index contributed by atoms with van der Waals surface area (Å²) in [5.74, 6) is -0.0607. The summed E-state index contributed by atoms with van der Waals surface area (Å²) in [5, 5.41) is 8.42. The van der Waals surface area contributed by atoms with Crippen molar-refractivity contribution in [3.05, 3.63) is 95.1 Å². The van der Waals surface area contributed by atoms with Crippen LogP contribution in [-0.2, 0) is 16.0 Å². The third-order valence-corrected chi connectivity index (χ3v) is 7.12. The second kappa shape index (κ2) is 15.1. The lowest BCUT2D eigenvalue weighted by Gasteiger charge is -2.30. The molecule has 0 saturated heterocycles. The van der Waals surface area contributed by atoms with Gasteiger partial charge in [-0.15, -0.1) is 0 Å². The van der Waals surface area contributed by atoms with Crippen molar-refractivity contribution in [1.29, 1.82) is 0 Å². The largest absolute Gasteiger partial charge is 0.496 e. The van der Waals surface area contributed by atoms with Crippen LogP contribution in [0, 0.1) is 0 Å². The van der Waals surface area contributed by atoms with E-state index in [1.807, 2.05) is 32.9 Å². The zero-order chi connectivity index (χ0) is 35.1. The van der Waals surface area contributed by atoms with Crippen molar-refractivity contribution in [3.63, 3.8) is 0 Å². The van der Waals surface area contributed by atoms with E-state index in [0.717, 1.165) is 16.7 Å². The SMILES string of the molecule is COc1cc(NC(=O)c2ccc(C(=O)Nc3ccc(CNC(=O)OC(C)(C)C)cc3)cc2)ccc1C1=CCN(C(=O)OC(C)(C)C)CC1. The Morgan fingerprint density at radius 2 is 1.31 bits per heavy atom. The molecule has 0 aliphatic carbocycles. The third-order valence-electron chi connectivity index (χ3n) is 7.12. The second-order valence-electron chi connectivity index (χ2n) is 13.4. The number of amides is 4. The maximum Gasteiger partial charge on any atom is 0.410 e. The molecular formula is C37H44N4O7. The Morgan fingerprint density at radius 3 is 1.83 bits per heavy atom. The van der Waals surface area contributed by atoms with Gasteiger partial charge in [-0.1, -0.05) is 18.2 Å². The van der Waals surface area contributed by atoms with Crippen molar-refractivity contribution < 1.29 is 33.4 Å². The summed E-state index contributed by atoms with van der Waals surface area (Å²) in [5.41, 5.74) is 3.56. The Kier molecular flexibility index (Phi) is 11.1. The molecule has 0 radical (unpaired) electrons. The molecule has 48 heavy (non-hydrogen) atoms. The molecule has 11 nitrogen and oxygen atoms in total. The molecule has 0 atom stereocenters. The second-order valence-corrected chi connectivity index (χ2v) is 13.4. The fraction of sp³-hybridized carbons (Fsp3) is 0.351. The van der Waals surface area contributed by atoms with Crippen molar-refractivity contribution in [2.75, 3.05) is 30.8 Å². The number of nitrogens with zero attached hydrogens (tertiary/aromatic N) is 1. The van der Waals surface area contributed by atoms with Crippen molar-refractivity contribution in [2.24, 2.45) is 0 Å². The molecule has 1 aliphatic heterocycles. The molecule has 1 heterocycles. The molecule has 3 aromatic carbocycles. The van der Waals surface area contributed by atoms with Crippen LogP contribution in [0.25, 0.3) is 5.57 Å². The summed E-state index contributed by atoms with van der Waals surface area (Å²) < 4.78 is 16.4. The molecule has 4 amide bonds. The summed E-state index contributed by atoms with van der Waals surface area (Å²) in [7, 11) is 1.57. The van der Waals surface area contributed by atoms with Crippen LogP contribution in [0.5, 0.6) is 5.75 Å². The van der Waals surface area contributed by atoms with Crippen molar-refractivity contribution in [3.8, 4) is 5.75 Å². The zero-order valence-corrected chi connectivity index (χ0v) is 28.6. The first-order valence-electron chi connectivity index (χ1n) is 15.7. The monoisotopic (exact) mass is 656 g/mol. The lowest BCUT2D eigenvalue weighted by molar-refractivity contribution is 0.0270. The molecular weight excluding hydrogens is 612 g/mol. The molecule has 0 fully saturated rings. The maximum atomic E-state index is 13.0. The normalized spacial score (nSPS) is 13.1. The third kappa shape index (κ3) is 10.3. The van der Waals surface area contributed by atoms with Crippen LogP contribution in [0.4, 0.5) is 21.0 Å². The predicted octanol–water partition coefficient (Wildman–Crippen LogP) is 7.25. The van der Waals surface area contributed by atoms with Gasteiger partial charge in [0.2, 0.25) is 0 Å². The molecule has 0 spiro atoms. The number of benzene rings is 3. The van der Waals surface area contributed by atoms with Gasteiger partial charge in [-0.2, -0.15) is 0 Å². The quantitative estimate of drug-likeness (QED) is 0.232. The van der Waals surface area contributed by atoms with Crippen molar-refractivity contribution in [1.82, 2.24) is 10.2 Å². The van der Waals surface area contributed by atoms with E-state index in [4.69, 9.17) is 14.2 Å². The van der Waals surface area contributed by atoms with Crippen LogP contribution in [0.1, 0.15) is 79.8 Å². The summed E-state index contributed by atoms with van der Waals surface area (Å²) in [6.45, 7) is 12.2. The minimum atomic E-state index is -0.578. The van der Waals surface area contributed by atoms with Gasteiger partial charge >= 0.3 is 12.2 Å². The Balaban J connectivity index is 1.31. The Morgan fingerprint density at radius 1 is 0.750 bits per heavy atom. The first kappa shape index (κ1) is 35.5. The van der Waals surface area contributed by atoms with Gasteiger partial charge in [-0.25, -0.2) is 9.59 Å². The number of alkyl carbamates (subject to hydrolysis) is 1. The highest BCUT2D eigenvalue weighted by molar-refractivity contribution is 6.07. The van der Waals surface area contributed by atoms with Crippen molar-refractivity contribution in [2.45, 2.75) is 65.7 Å². The number of methoxy groups -OCH3 is 1. The maximum absolute atomic E-state index is 13.0. The molecule has 1 aliphatic rings. The lowest BCUT2D eigenvalue weighted by Crippen LogP contribution is -2.39. The van der Waals surface area contributed by atoms with Crippen LogP contribution in [0.2, 0.25) is 0 Å². The van der Waals surface area contributed by atoms with Gasteiger partial charge in [-0.05, 0) is 108 Å². The van der Waals surface area contributed by atoms with Gasteiger partial charge in [0.25, 0.3) is 11.8 Å². The molecule has 0 saturated carbocycles. The Bertz CT molecular complexity index is 1670. The van der Waals surface area contributed by atoms with Crippen molar-refractivity contribution >= 4 is 40.9 Å². The number of nitrogens with one attached hydrogen (secondary N) is 3. The minimum Gasteiger partial charge on any atom is -0.496 e. The first-order chi connectivity index (χ1) is 22.6. The molecule has 0 unspecified atom stereocenters. The van der Waals surface area contributed by atoms with Gasteiger partial charge in [0, 0.05) is 53.8 Å². The Hall–Kier alpha value is -5.32. The summed E-state index contributed by atoms with van der Waals surface area (Å²) in [4.78, 5) is 51.8. The average Bonchev–Trinajstić information content (AvgIpc) is 3.03. The molecule has 0 bridgehead atoms. The summed E-state index contributed by atoms with van der Waals surface area (Å²) >= 11 is 0. The van der Waals surface area contributed by atoms with Crippen LogP contribution >= 0.6 is 0 Å². The van der Waals surface area contributed by atoms with E-state index in [9.17, 15) is 19.2 Å². The van der Waals surface area contributed by atoms with Gasteiger partial charge < -0.3 is 35.1 Å². The number of carbonyl (C=O) groups excluding carboxylic acids is 4. The summed E-state index contributed by atoms with van der Waals surface area (Å²) in [6, 6.07) is 18.9. The van der Waals surface area contributed by atoms with Gasteiger partial charge in [-0.3, -0.25) is 9.59 Å². The van der Waals surface area contributed by atoms with E-state index >= 15 is 0 Å². The number of rotatable bonds is 8. The van der Waals surface area contributed by atoms with E-state index < -0.39 is 17.3 Å². The molecule has 3 aromatic rings. The van der Waals surface area contributed by atoms with E-state index in [1.54, 1.807) is 93.4 Å². The Labute approximate surface area is 281 Å². The fourth-order valence-electron chi connectivity index (χ4n) is 4.81. The molecule has 3 N–H and O–H groups in total. The molecule has 0 aromatic heterocycles. The van der Waals surface area contributed by atoms with Gasteiger partial charge in [0.1, 0.15) is 17.0 Å². The van der Waals surface area contributed by atoms with Crippen LogP contribution in [-0.4, -0.2) is 60.3 Å². The topological polar surface area (TPSA) is 135 Å². The fourth-order valence-corrected chi connectivity index (χ4v) is 4.81. The van der Waals surface area contributed by atoms with E-state index in [2.05, 4.69) is 16.0 Å². The number of hydrogen-bond acceptors (Lipinski definition) is 7. The first-order valence-corrected chi connectivity index (χ1v) is 15.7. The minimum absolute atomic E-state index is 0.290. The zero-order valence-electron chi connectivity index (χ0n) is 28.6. The van der Waals surface area contributed by atoms with Crippen LogP contribution in [0.3, 0.4) is 0 Å². The number of anilines is 2. The summed E-state index contributed by atoms with van der Waals surface area (Å²) in [6.07, 6.45) is 1.79. The highest BCUT2D eigenvalue weighted by Gasteiger charge is 2.25. The van der Waals surface area contributed by atoms with Gasteiger partial charge in [0.05, 0.1) is 7.11 Å². The number of ether oxygens (including phenoxy) is 3. The van der Waals surface area contributed by atoms with Crippen LogP contribution < -0.4 is 20.7 Å². The molecule has 254 valence electrons.